The Balaban J connectivity index is 1.61. The van der Waals surface area contributed by atoms with E-state index in [0.29, 0.717) is 47.8 Å². The van der Waals surface area contributed by atoms with E-state index >= 15 is 0 Å². The average Bonchev–Trinajstić information content (AvgIpc) is 2.83. The van der Waals surface area contributed by atoms with E-state index in [2.05, 4.69) is 5.32 Å². The molecule has 8 heteroatoms. The number of methoxy groups -OCH3 is 2. The molecular weight excluding hydrogens is 440 g/mol. The topological polar surface area (TPSA) is 84.9 Å². The van der Waals surface area contributed by atoms with Gasteiger partial charge in [-0.15, -0.1) is 0 Å². The molecule has 0 atom stereocenters. The number of anilines is 2. The van der Waals surface area contributed by atoms with Crippen LogP contribution >= 0.6 is 0 Å². The average molecular weight is 467 g/mol. The van der Waals surface area contributed by atoms with Crippen molar-refractivity contribution >= 4 is 27.3 Å². The van der Waals surface area contributed by atoms with E-state index in [1.165, 1.54) is 11.4 Å². The number of carbonyl (C=O) groups excluding carboxylic acids is 1. The van der Waals surface area contributed by atoms with E-state index in [1.807, 2.05) is 6.92 Å². The van der Waals surface area contributed by atoms with Crippen molar-refractivity contribution in [3.63, 3.8) is 0 Å². The highest BCUT2D eigenvalue weighted by Gasteiger charge is 2.29. The molecule has 0 bridgehead atoms. The van der Waals surface area contributed by atoms with Gasteiger partial charge in [-0.3, -0.25) is 9.10 Å². The van der Waals surface area contributed by atoms with Gasteiger partial charge in [0.2, 0.25) is 0 Å². The fourth-order valence-electron chi connectivity index (χ4n) is 3.89. The van der Waals surface area contributed by atoms with Crippen LogP contribution in [-0.2, 0) is 16.4 Å². The molecule has 0 saturated carbocycles. The van der Waals surface area contributed by atoms with Crippen LogP contribution in [0.3, 0.4) is 0 Å². The summed E-state index contributed by atoms with van der Waals surface area (Å²) in [4.78, 5) is 13.2. The Morgan fingerprint density at radius 1 is 0.970 bits per heavy atom. The molecule has 1 aliphatic heterocycles. The molecule has 7 nitrogen and oxygen atoms in total. The third-order valence-electron chi connectivity index (χ3n) is 5.68. The van der Waals surface area contributed by atoms with Crippen LogP contribution in [-0.4, -0.2) is 35.1 Å². The fourth-order valence-corrected chi connectivity index (χ4v) is 5.43. The Labute approximate surface area is 194 Å². The van der Waals surface area contributed by atoms with Crippen LogP contribution in [0, 0.1) is 6.92 Å². The Bertz CT molecular complexity index is 1290. The summed E-state index contributed by atoms with van der Waals surface area (Å²) in [5.41, 5.74) is 3.40. The number of hydrogen-bond acceptors (Lipinski definition) is 5. The van der Waals surface area contributed by atoms with E-state index in [9.17, 15) is 13.2 Å². The molecule has 1 N–H and O–H groups in total. The Hall–Kier alpha value is -3.52. The van der Waals surface area contributed by atoms with Gasteiger partial charge in [0.15, 0.2) is 0 Å². The Kier molecular flexibility index (Phi) is 6.29. The summed E-state index contributed by atoms with van der Waals surface area (Å²) in [5.74, 6) is 0.796. The van der Waals surface area contributed by atoms with Crippen molar-refractivity contribution in [1.29, 1.82) is 0 Å². The summed E-state index contributed by atoms with van der Waals surface area (Å²) in [6.45, 7) is 2.32. The van der Waals surface area contributed by atoms with Gasteiger partial charge >= 0.3 is 0 Å². The van der Waals surface area contributed by atoms with E-state index in [-0.39, 0.29) is 10.8 Å². The number of carbonyl (C=O) groups is 1. The van der Waals surface area contributed by atoms with E-state index in [4.69, 9.17) is 9.47 Å². The van der Waals surface area contributed by atoms with Crippen molar-refractivity contribution < 1.29 is 22.7 Å². The van der Waals surface area contributed by atoms with Gasteiger partial charge < -0.3 is 14.8 Å². The van der Waals surface area contributed by atoms with Gasteiger partial charge in [0.05, 0.1) is 30.5 Å². The molecule has 0 spiro atoms. The third kappa shape index (κ3) is 4.52. The second-order valence-corrected chi connectivity index (χ2v) is 9.72. The predicted octanol–water partition coefficient (Wildman–Crippen LogP) is 4.41. The highest BCUT2D eigenvalue weighted by molar-refractivity contribution is 7.92. The summed E-state index contributed by atoms with van der Waals surface area (Å²) >= 11 is 0. The molecule has 0 aliphatic carbocycles. The maximum atomic E-state index is 13.3. The summed E-state index contributed by atoms with van der Waals surface area (Å²) in [6, 6.07) is 17.1. The first-order chi connectivity index (χ1) is 15.8. The first-order valence-corrected chi connectivity index (χ1v) is 12.0. The lowest BCUT2D eigenvalue weighted by Gasteiger charge is -2.30. The minimum atomic E-state index is -3.69. The second-order valence-electron chi connectivity index (χ2n) is 7.86. The van der Waals surface area contributed by atoms with Crippen molar-refractivity contribution in [2.24, 2.45) is 0 Å². The van der Waals surface area contributed by atoms with Gasteiger partial charge in [-0.25, -0.2) is 8.42 Å². The highest BCUT2D eigenvalue weighted by atomic mass is 32.2. The number of amides is 1. The molecule has 0 radical (unpaired) electrons. The molecular formula is C25H26N2O5S. The van der Waals surface area contributed by atoms with E-state index in [0.717, 1.165) is 11.1 Å². The number of fused-ring (bicyclic) bond motifs is 1. The third-order valence-corrected chi connectivity index (χ3v) is 7.51. The van der Waals surface area contributed by atoms with Crippen LogP contribution in [0.25, 0.3) is 0 Å². The quantitative estimate of drug-likeness (QED) is 0.582. The van der Waals surface area contributed by atoms with Crippen LogP contribution in [0.5, 0.6) is 11.5 Å². The lowest BCUT2D eigenvalue weighted by atomic mass is 10.0. The van der Waals surface area contributed by atoms with Crippen LogP contribution in [0.4, 0.5) is 11.4 Å². The number of nitrogens with one attached hydrogen (secondary N) is 1. The van der Waals surface area contributed by atoms with Gasteiger partial charge in [0.25, 0.3) is 15.9 Å². The van der Waals surface area contributed by atoms with E-state index in [1.54, 1.807) is 67.8 Å². The number of ether oxygens (including phenoxy) is 2. The van der Waals surface area contributed by atoms with E-state index < -0.39 is 10.0 Å². The predicted molar refractivity (Wildman–Crippen MR) is 128 cm³/mol. The van der Waals surface area contributed by atoms with Crippen LogP contribution in [0.1, 0.15) is 27.9 Å². The van der Waals surface area contributed by atoms with Gasteiger partial charge in [-0.1, -0.05) is 17.7 Å². The number of aryl methyl sites for hydroxylation is 2. The molecule has 1 aliphatic rings. The Morgan fingerprint density at radius 3 is 2.42 bits per heavy atom. The van der Waals surface area contributed by atoms with Crippen LogP contribution in [0.2, 0.25) is 0 Å². The zero-order valence-electron chi connectivity index (χ0n) is 18.8. The molecule has 1 amide bonds. The number of hydrogen-bond donors (Lipinski definition) is 1. The van der Waals surface area contributed by atoms with Crippen molar-refractivity contribution in [1.82, 2.24) is 0 Å². The zero-order valence-corrected chi connectivity index (χ0v) is 19.6. The number of benzene rings is 3. The lowest BCUT2D eigenvalue weighted by Crippen LogP contribution is -2.35. The Morgan fingerprint density at radius 2 is 1.73 bits per heavy atom. The summed E-state index contributed by atoms with van der Waals surface area (Å²) in [7, 11) is -0.607. The number of rotatable bonds is 6. The van der Waals surface area contributed by atoms with Crippen molar-refractivity contribution in [2.75, 3.05) is 30.4 Å². The summed E-state index contributed by atoms with van der Waals surface area (Å²) in [6.07, 6.45) is 1.37. The van der Waals surface area contributed by atoms with Crippen LogP contribution < -0.4 is 19.1 Å². The molecule has 0 fully saturated rings. The molecule has 0 aromatic heterocycles. The van der Waals surface area contributed by atoms with Crippen LogP contribution in [0.15, 0.2) is 65.6 Å². The maximum absolute atomic E-state index is 13.3. The largest absolute Gasteiger partial charge is 0.497 e. The van der Waals surface area contributed by atoms with Crippen molar-refractivity contribution in [2.45, 2.75) is 24.7 Å². The lowest BCUT2D eigenvalue weighted by molar-refractivity contribution is 0.102. The fraction of sp³-hybridized carbons (Fsp3) is 0.240. The maximum Gasteiger partial charge on any atom is 0.264 e. The summed E-state index contributed by atoms with van der Waals surface area (Å²) < 4.78 is 38.5. The second kappa shape index (κ2) is 9.15. The molecule has 0 unspecified atom stereocenters. The number of sulfonamides is 1. The molecule has 3 aromatic carbocycles. The molecule has 4 rings (SSSR count). The molecule has 33 heavy (non-hydrogen) atoms. The SMILES string of the molecule is COc1ccc(NC(=O)c2ccc3c(c2)CCCN3S(=O)(=O)c2ccc(C)cc2)c(OC)c1. The normalized spacial score (nSPS) is 13.2. The smallest absolute Gasteiger partial charge is 0.264 e. The first-order valence-electron chi connectivity index (χ1n) is 10.6. The van der Waals surface area contributed by atoms with Gasteiger partial charge in [0.1, 0.15) is 11.5 Å². The highest BCUT2D eigenvalue weighted by Crippen LogP contribution is 2.34. The van der Waals surface area contributed by atoms with Crippen molar-refractivity contribution in [3.05, 3.63) is 77.4 Å². The minimum absolute atomic E-state index is 0.259. The van der Waals surface area contributed by atoms with Gasteiger partial charge in [0, 0.05) is 18.2 Å². The number of nitrogens with zero attached hydrogens (tertiary/aromatic N) is 1. The molecule has 0 saturated heterocycles. The standard InChI is InChI=1S/C25H26N2O5S/c1-17-6-10-21(11-7-17)33(29,30)27-14-4-5-18-15-19(8-13-23(18)27)25(28)26-22-12-9-20(31-2)16-24(22)32-3/h6-13,15-16H,4-5,14H2,1-3H3,(H,26,28). The minimum Gasteiger partial charge on any atom is -0.497 e. The van der Waals surface area contributed by atoms with Gasteiger partial charge in [-0.05, 0) is 67.8 Å². The monoisotopic (exact) mass is 466 g/mol. The molecule has 172 valence electrons. The summed E-state index contributed by atoms with van der Waals surface area (Å²) in [5, 5.41) is 2.86. The van der Waals surface area contributed by atoms with Crippen molar-refractivity contribution in [3.8, 4) is 11.5 Å². The molecule has 1 heterocycles. The van der Waals surface area contributed by atoms with Gasteiger partial charge in [-0.2, -0.15) is 0 Å². The first kappa shape index (κ1) is 22.7. The zero-order chi connectivity index (χ0) is 23.6. The molecule has 3 aromatic rings.